The van der Waals surface area contributed by atoms with Crippen LogP contribution in [0.5, 0.6) is 34.5 Å². The van der Waals surface area contributed by atoms with Crippen molar-refractivity contribution in [2.45, 2.75) is 101 Å². The first kappa shape index (κ1) is 48.2. The molecule has 1 saturated carbocycles. The van der Waals surface area contributed by atoms with E-state index in [1.807, 2.05) is 49.5 Å². The lowest BCUT2D eigenvalue weighted by atomic mass is 9.58. The highest BCUT2D eigenvalue weighted by Gasteiger charge is 2.57. The molecule has 8 rings (SSSR count). The van der Waals surface area contributed by atoms with Gasteiger partial charge in [0, 0.05) is 30.3 Å². The van der Waals surface area contributed by atoms with Crippen LogP contribution in [0.3, 0.4) is 0 Å². The number of ketones is 1. The molecule has 13 nitrogen and oxygen atoms in total. The van der Waals surface area contributed by atoms with Gasteiger partial charge < -0.3 is 55.7 Å². The summed E-state index contributed by atoms with van der Waals surface area (Å²) >= 11 is 0. The van der Waals surface area contributed by atoms with Crippen LogP contribution in [0.1, 0.15) is 98.6 Å². The molecular weight excluding hydrogens is 861 g/mol. The molecule has 7 atom stereocenters. The monoisotopic (exact) mass is 925 g/mol. The average Bonchev–Trinajstić information content (AvgIpc) is 3.96. The van der Waals surface area contributed by atoms with Crippen molar-refractivity contribution >= 4 is 28.1 Å². The van der Waals surface area contributed by atoms with Crippen LogP contribution in [-0.2, 0) is 23.1 Å². The van der Waals surface area contributed by atoms with Crippen molar-refractivity contribution in [3.8, 4) is 34.5 Å². The molecular formula is C55H65N4O9-. The third-order valence-electron chi connectivity index (χ3n) is 14.5. The van der Waals surface area contributed by atoms with Crippen molar-refractivity contribution in [2.75, 3.05) is 32.6 Å². The van der Waals surface area contributed by atoms with Crippen molar-refractivity contribution in [3.05, 3.63) is 125 Å². The number of aliphatic hydroxyl groups excluding tert-OH is 2. The van der Waals surface area contributed by atoms with Gasteiger partial charge in [0.2, 0.25) is 5.75 Å². The Morgan fingerprint density at radius 1 is 0.956 bits per heavy atom. The molecule has 360 valence electrons. The third kappa shape index (κ3) is 10.1. The first-order chi connectivity index (χ1) is 32.8. The number of carbonyl (C=O) groups excluding carboxylic acids is 1. The Morgan fingerprint density at radius 3 is 2.56 bits per heavy atom. The standard InChI is InChI=1S/C55H65N4O9/c1-32(2)7-6-22-68-50-28-36(27-48(65)54(50)66)35-24-37(31-56-3)52-41-13-12-40(60)25-34(41)11-14-43(52)59-51-29-38(18-21-58-51)55(19-17-44(61)42(55)30-39-8-5-20-57-39)53(47(64)26-35)46(63)16-10-33-9-15-45(62)49(23-33)67-4/h5,8-9,11-15,18,20-21,23,25,27-29,32,35,37,42,44,46,53,56,60-63,65-66H,6-7,10,16-17,19,22,24,26,30-31H2,1-4H3,(H,58,59)/q-1. The molecule has 13 heteroatoms. The number of pyridine rings is 1. The number of Topliss-reactive ketones (excluding diaryl/α,β-unsaturated/α-hetero) is 1. The maximum Gasteiger partial charge on any atom is 0.200 e. The molecule has 8 N–H and O–H groups in total. The van der Waals surface area contributed by atoms with E-state index < -0.39 is 35.4 Å². The summed E-state index contributed by atoms with van der Waals surface area (Å²) < 4.78 is 11.6. The molecule has 1 aliphatic carbocycles. The average molecular weight is 926 g/mol. The smallest absolute Gasteiger partial charge is 0.200 e. The van der Waals surface area contributed by atoms with Crippen molar-refractivity contribution in [1.82, 2.24) is 15.3 Å². The Morgan fingerprint density at radius 2 is 1.79 bits per heavy atom. The highest BCUT2D eigenvalue weighted by atomic mass is 16.5. The van der Waals surface area contributed by atoms with E-state index in [9.17, 15) is 30.6 Å². The summed E-state index contributed by atoms with van der Waals surface area (Å²) in [5, 5.41) is 77.5. The Hall–Kier alpha value is -6.28. The molecule has 4 aromatic carbocycles. The summed E-state index contributed by atoms with van der Waals surface area (Å²) in [5.41, 5.74) is 3.50. The second-order valence-corrected chi connectivity index (χ2v) is 19.3. The fourth-order valence-corrected chi connectivity index (χ4v) is 11.3. The summed E-state index contributed by atoms with van der Waals surface area (Å²) in [6.07, 6.45) is 4.97. The molecule has 1 fully saturated rings. The minimum Gasteiger partial charge on any atom is -0.668 e. The molecule has 0 saturated heterocycles. The van der Waals surface area contributed by atoms with Crippen LogP contribution in [0.4, 0.5) is 11.5 Å². The maximum absolute atomic E-state index is 16.2. The van der Waals surface area contributed by atoms with Crippen molar-refractivity contribution in [2.24, 2.45) is 17.8 Å². The van der Waals surface area contributed by atoms with Crippen molar-refractivity contribution < 1.29 is 44.9 Å². The van der Waals surface area contributed by atoms with Crippen LogP contribution in [0.25, 0.3) is 10.8 Å². The van der Waals surface area contributed by atoms with Gasteiger partial charge in [0.1, 0.15) is 17.4 Å². The first-order valence-electron chi connectivity index (χ1n) is 23.9. The van der Waals surface area contributed by atoms with E-state index >= 15 is 4.79 Å². The Labute approximate surface area is 398 Å². The highest BCUT2D eigenvalue weighted by molar-refractivity contribution is 5.93. The summed E-state index contributed by atoms with van der Waals surface area (Å²) in [6, 6.07) is 25.2. The Kier molecular flexibility index (Phi) is 14.8. The second-order valence-electron chi connectivity index (χ2n) is 19.3. The molecule has 2 bridgehead atoms. The van der Waals surface area contributed by atoms with Crippen LogP contribution < -0.4 is 25.1 Å². The predicted octanol–water partition coefficient (Wildman–Crippen LogP) is 8.89. The molecule has 68 heavy (non-hydrogen) atoms. The van der Waals surface area contributed by atoms with Gasteiger partial charge >= 0.3 is 0 Å². The number of ether oxygens (including phenoxy) is 2. The number of hydrogen-bond acceptors (Lipinski definition) is 12. The van der Waals surface area contributed by atoms with E-state index in [-0.39, 0.29) is 53.3 Å². The number of fused-ring (bicyclic) bond motifs is 6. The Bertz CT molecular complexity index is 2690. The fraction of sp³-hybridized carbons (Fsp3) is 0.418. The zero-order valence-electron chi connectivity index (χ0n) is 39.4. The van der Waals surface area contributed by atoms with E-state index in [0.717, 1.165) is 51.7 Å². The van der Waals surface area contributed by atoms with Crippen molar-refractivity contribution in [3.63, 3.8) is 0 Å². The molecule has 6 aromatic rings. The number of phenolic OH excluding ortho intramolecular Hbond substituents is 4. The zero-order chi connectivity index (χ0) is 48.1. The number of hydrogen-bond donors (Lipinski definition) is 8. The van der Waals surface area contributed by atoms with Gasteiger partial charge in [-0.05, 0) is 170 Å². The molecule has 0 radical (unpaired) electrons. The SMILES string of the molecule is CNCC1CC(c2cc(O)c(O)c(OCCCC(C)C)c2)CC(=O)C(C(O)CCc2ccc(O)c(OC)c2)C2(CCC(O)C2Cc2ccc[n-]2)c2ccnc(c2)Nc2ccc3cc(O)ccc3c21. The zero-order valence-corrected chi connectivity index (χ0v) is 39.4. The molecule has 2 aliphatic rings. The molecule has 7 unspecified atom stereocenters. The number of phenols is 4. The minimum absolute atomic E-state index is 0.00697. The number of aromatic hydroxyl groups is 4. The lowest BCUT2D eigenvalue weighted by Crippen LogP contribution is -2.51. The number of anilines is 2. The number of aryl methyl sites for hydroxylation is 1. The molecule has 1 spiro atoms. The van der Waals surface area contributed by atoms with E-state index in [2.05, 4.69) is 29.5 Å². The van der Waals surface area contributed by atoms with E-state index in [0.29, 0.717) is 68.3 Å². The van der Waals surface area contributed by atoms with Gasteiger partial charge in [0.25, 0.3) is 0 Å². The molecule has 0 amide bonds. The lowest BCUT2D eigenvalue weighted by molar-refractivity contribution is -0.132. The fourth-order valence-electron chi connectivity index (χ4n) is 11.3. The van der Waals surface area contributed by atoms with Gasteiger partial charge in [-0.3, -0.25) is 4.79 Å². The quantitative estimate of drug-likeness (QED) is 0.0358. The van der Waals surface area contributed by atoms with Crippen LogP contribution in [0.2, 0.25) is 0 Å². The van der Waals surface area contributed by atoms with Crippen LogP contribution >= 0.6 is 0 Å². The van der Waals surface area contributed by atoms with Gasteiger partial charge in [0.15, 0.2) is 23.0 Å². The normalized spacial score (nSPS) is 22.3. The summed E-state index contributed by atoms with van der Waals surface area (Å²) in [6.45, 7) is 5.05. The van der Waals surface area contributed by atoms with Gasteiger partial charge in [-0.2, -0.15) is 11.9 Å². The Balaban J connectivity index is 1.33. The molecule has 2 aromatic heterocycles. The van der Waals surface area contributed by atoms with E-state index in [1.54, 1.807) is 48.8 Å². The number of aromatic nitrogens is 2. The number of nitrogens with zero attached hydrogens (tertiary/aromatic N) is 2. The molecule has 1 aliphatic heterocycles. The summed E-state index contributed by atoms with van der Waals surface area (Å²) in [4.78, 5) is 25.6. The number of aliphatic hydroxyl groups is 2. The number of rotatable bonds is 15. The number of nitrogens with one attached hydrogen (secondary N) is 2. The van der Waals surface area contributed by atoms with Gasteiger partial charge in [-0.25, -0.2) is 4.98 Å². The predicted molar refractivity (Wildman–Crippen MR) is 262 cm³/mol. The van der Waals surface area contributed by atoms with Gasteiger partial charge in [0.05, 0.1) is 31.8 Å². The van der Waals surface area contributed by atoms with Gasteiger partial charge in [-0.1, -0.05) is 44.2 Å². The topological polar surface area (TPSA) is 208 Å². The third-order valence-corrected chi connectivity index (χ3v) is 14.5. The second kappa shape index (κ2) is 20.9. The minimum atomic E-state index is -1.21. The number of likely N-dealkylation sites (N-methyl/N-ethyl adjacent to an activating group) is 1. The van der Waals surface area contributed by atoms with Crippen LogP contribution in [0.15, 0.2) is 97.3 Å². The number of methoxy groups -OCH3 is 1. The van der Waals surface area contributed by atoms with Gasteiger partial charge in [-0.15, -0.1) is 0 Å². The maximum atomic E-state index is 16.2. The van der Waals surface area contributed by atoms with E-state index in [1.165, 1.54) is 13.2 Å². The van der Waals surface area contributed by atoms with E-state index in [4.69, 9.17) is 14.5 Å². The molecule has 3 heterocycles. The van der Waals surface area contributed by atoms with Crippen LogP contribution in [-0.4, -0.2) is 80.9 Å². The number of carbonyl (C=O) groups is 1. The van der Waals surface area contributed by atoms with Crippen molar-refractivity contribution in [1.29, 1.82) is 0 Å². The summed E-state index contributed by atoms with van der Waals surface area (Å²) in [5.74, 6) is -1.93. The van der Waals surface area contributed by atoms with Crippen LogP contribution in [0, 0.1) is 17.8 Å². The number of benzene rings is 4. The summed E-state index contributed by atoms with van der Waals surface area (Å²) in [7, 11) is 3.35. The highest BCUT2D eigenvalue weighted by Crippen LogP contribution is 2.56. The first-order valence-corrected chi connectivity index (χ1v) is 23.9. The largest absolute Gasteiger partial charge is 0.668 e. The lowest BCUT2D eigenvalue weighted by Gasteiger charge is -2.46.